The molecule has 1 aliphatic rings. The molecule has 1 aromatic rings. The first-order valence-electron chi connectivity index (χ1n) is 5.92. The second-order valence-corrected chi connectivity index (χ2v) is 4.67. The normalized spacial score (nSPS) is 22.3. The Kier molecular flexibility index (Phi) is 3.99. The maximum absolute atomic E-state index is 12.9. The summed E-state index contributed by atoms with van der Waals surface area (Å²) in [6.07, 6.45) is -4.75. The van der Waals surface area contributed by atoms with E-state index in [0.29, 0.717) is 0 Å². The topological polar surface area (TPSA) is 70.7 Å². The van der Waals surface area contributed by atoms with Gasteiger partial charge >= 0.3 is 0 Å². The summed E-state index contributed by atoms with van der Waals surface area (Å²) in [5.74, 6) is -1.06. The summed E-state index contributed by atoms with van der Waals surface area (Å²) >= 11 is 0. The minimum absolute atomic E-state index is 0.0240. The summed E-state index contributed by atoms with van der Waals surface area (Å²) in [6.45, 7) is 1.20. The minimum atomic E-state index is -3.43. The van der Waals surface area contributed by atoms with Crippen molar-refractivity contribution in [2.24, 2.45) is 5.10 Å². The number of aryl methyl sites for hydroxylation is 1. The van der Waals surface area contributed by atoms with E-state index in [1.54, 1.807) is 6.92 Å². The lowest BCUT2D eigenvalue weighted by Crippen LogP contribution is -2.52. The first-order valence-corrected chi connectivity index (χ1v) is 5.92. The van der Waals surface area contributed by atoms with Gasteiger partial charge in [-0.25, -0.2) is 17.6 Å². The molecule has 0 unspecified atom stereocenters. The molecule has 0 aromatic carbocycles. The van der Waals surface area contributed by atoms with Crippen LogP contribution in [0.3, 0.4) is 0 Å². The van der Waals surface area contributed by atoms with Crippen LogP contribution in [0.5, 0.6) is 0 Å². The number of rotatable bonds is 4. The SMILES string of the molecule is Cc1cnn(CC(=O)N2N=C(C(F)F)C[C@@]2(O)C(F)F)c1. The van der Waals surface area contributed by atoms with E-state index in [1.807, 2.05) is 0 Å². The van der Waals surface area contributed by atoms with Crippen LogP contribution < -0.4 is 0 Å². The van der Waals surface area contributed by atoms with E-state index in [9.17, 15) is 27.5 Å². The quantitative estimate of drug-likeness (QED) is 0.844. The van der Waals surface area contributed by atoms with Gasteiger partial charge in [-0.3, -0.25) is 9.48 Å². The van der Waals surface area contributed by atoms with Crippen molar-refractivity contribution >= 4 is 11.6 Å². The summed E-state index contributed by atoms with van der Waals surface area (Å²) in [5.41, 5.74) is -3.28. The maximum atomic E-state index is 12.9. The number of halogens is 4. The average molecular weight is 308 g/mol. The van der Waals surface area contributed by atoms with Crippen LogP contribution in [0.25, 0.3) is 0 Å². The smallest absolute Gasteiger partial charge is 0.287 e. The van der Waals surface area contributed by atoms with Crippen LogP contribution in [0.1, 0.15) is 12.0 Å². The van der Waals surface area contributed by atoms with Gasteiger partial charge in [0.25, 0.3) is 18.8 Å². The van der Waals surface area contributed by atoms with Gasteiger partial charge in [-0.1, -0.05) is 0 Å². The Balaban J connectivity index is 2.23. The molecule has 1 amide bonds. The van der Waals surface area contributed by atoms with Crippen molar-refractivity contribution in [3.63, 3.8) is 0 Å². The van der Waals surface area contributed by atoms with Crippen LogP contribution in [0.15, 0.2) is 17.5 Å². The Labute approximate surface area is 116 Å². The van der Waals surface area contributed by atoms with Gasteiger partial charge in [-0.15, -0.1) is 0 Å². The molecule has 21 heavy (non-hydrogen) atoms. The van der Waals surface area contributed by atoms with Gasteiger partial charge in [0.1, 0.15) is 12.3 Å². The van der Waals surface area contributed by atoms with Crippen molar-refractivity contribution in [1.82, 2.24) is 14.8 Å². The van der Waals surface area contributed by atoms with Gasteiger partial charge in [-0.05, 0) is 12.5 Å². The number of aliphatic hydroxyl groups is 1. The van der Waals surface area contributed by atoms with E-state index in [-0.39, 0.29) is 5.01 Å². The van der Waals surface area contributed by atoms with E-state index < -0.39 is 43.2 Å². The van der Waals surface area contributed by atoms with Crippen LogP contribution in [-0.2, 0) is 11.3 Å². The van der Waals surface area contributed by atoms with E-state index in [4.69, 9.17) is 0 Å². The molecular weight excluding hydrogens is 296 g/mol. The predicted molar refractivity (Wildman–Crippen MR) is 62.8 cm³/mol. The van der Waals surface area contributed by atoms with Crippen LogP contribution in [-0.4, -0.2) is 50.1 Å². The standard InChI is InChI=1S/C11H12F4N4O2/c1-6-3-16-18(4-6)5-8(20)19-11(21,10(14)15)2-7(17-19)9(12)13/h3-4,9-10,21H,2,5H2,1H3/t11-/m1/s1. The number of aromatic nitrogens is 2. The molecular formula is C11H12F4N4O2. The van der Waals surface area contributed by atoms with Crippen LogP contribution in [0, 0.1) is 6.92 Å². The molecule has 1 aliphatic heterocycles. The molecule has 0 radical (unpaired) electrons. The molecule has 0 saturated carbocycles. The molecule has 1 atom stereocenters. The summed E-state index contributed by atoms with van der Waals surface area (Å²) in [5, 5.41) is 16.7. The Morgan fingerprint density at radius 3 is 2.62 bits per heavy atom. The van der Waals surface area contributed by atoms with Crippen molar-refractivity contribution in [1.29, 1.82) is 0 Å². The Morgan fingerprint density at radius 1 is 1.48 bits per heavy atom. The highest BCUT2D eigenvalue weighted by Crippen LogP contribution is 2.33. The fourth-order valence-electron chi connectivity index (χ4n) is 1.91. The highest BCUT2D eigenvalue weighted by molar-refractivity contribution is 5.92. The molecule has 2 rings (SSSR count). The lowest BCUT2D eigenvalue weighted by molar-refractivity contribution is -0.192. The van der Waals surface area contributed by atoms with Crippen molar-refractivity contribution in [2.75, 3.05) is 0 Å². The molecule has 6 nitrogen and oxygen atoms in total. The number of alkyl halides is 4. The maximum Gasteiger partial charge on any atom is 0.287 e. The van der Waals surface area contributed by atoms with Crippen molar-refractivity contribution < 1.29 is 27.5 Å². The predicted octanol–water partition coefficient (Wildman–Crippen LogP) is 0.999. The van der Waals surface area contributed by atoms with E-state index in [1.165, 1.54) is 12.4 Å². The van der Waals surface area contributed by atoms with E-state index in [0.717, 1.165) is 10.2 Å². The number of hydrogen-bond acceptors (Lipinski definition) is 4. The van der Waals surface area contributed by atoms with Crippen LogP contribution in [0.2, 0.25) is 0 Å². The molecule has 1 aromatic heterocycles. The van der Waals surface area contributed by atoms with E-state index >= 15 is 0 Å². The van der Waals surface area contributed by atoms with E-state index in [2.05, 4.69) is 10.2 Å². The molecule has 116 valence electrons. The third-order valence-electron chi connectivity index (χ3n) is 2.93. The molecule has 10 heteroatoms. The number of hydrazone groups is 1. The van der Waals surface area contributed by atoms with Gasteiger partial charge in [0.05, 0.1) is 6.20 Å². The Morgan fingerprint density at radius 2 is 2.14 bits per heavy atom. The van der Waals surface area contributed by atoms with Crippen LogP contribution >= 0.6 is 0 Å². The number of carbonyl (C=O) groups excluding carboxylic acids is 1. The van der Waals surface area contributed by atoms with Crippen LogP contribution in [0.4, 0.5) is 17.6 Å². The summed E-state index contributed by atoms with van der Waals surface area (Å²) in [4.78, 5) is 11.9. The third-order valence-corrected chi connectivity index (χ3v) is 2.93. The zero-order chi connectivity index (χ0) is 15.8. The summed E-state index contributed by atoms with van der Waals surface area (Å²) in [7, 11) is 0. The second-order valence-electron chi connectivity index (χ2n) is 4.67. The summed E-state index contributed by atoms with van der Waals surface area (Å²) < 4.78 is 52.1. The summed E-state index contributed by atoms with van der Waals surface area (Å²) in [6, 6.07) is 0. The van der Waals surface area contributed by atoms with Gasteiger partial charge in [0, 0.05) is 12.6 Å². The van der Waals surface area contributed by atoms with Crippen molar-refractivity contribution in [3.8, 4) is 0 Å². The lowest BCUT2D eigenvalue weighted by atomic mass is 10.1. The van der Waals surface area contributed by atoms with Gasteiger partial charge < -0.3 is 5.11 Å². The first-order chi connectivity index (χ1) is 9.74. The van der Waals surface area contributed by atoms with Gasteiger partial charge in [0.15, 0.2) is 0 Å². The largest absolute Gasteiger partial charge is 0.364 e. The second kappa shape index (κ2) is 5.43. The molecule has 0 aliphatic carbocycles. The molecule has 0 bridgehead atoms. The highest BCUT2D eigenvalue weighted by atomic mass is 19.3. The Bertz CT molecular complexity index is 574. The van der Waals surface area contributed by atoms with Crippen molar-refractivity contribution in [3.05, 3.63) is 18.0 Å². The zero-order valence-electron chi connectivity index (χ0n) is 10.9. The fourth-order valence-corrected chi connectivity index (χ4v) is 1.91. The third kappa shape index (κ3) is 2.89. The molecule has 2 heterocycles. The highest BCUT2D eigenvalue weighted by Gasteiger charge is 2.53. The Hall–Kier alpha value is -1.97. The fraction of sp³-hybridized carbons (Fsp3) is 0.545. The molecule has 1 N–H and O–H groups in total. The number of amides is 1. The molecule has 0 spiro atoms. The zero-order valence-corrected chi connectivity index (χ0v) is 10.9. The molecule has 0 saturated heterocycles. The first kappa shape index (κ1) is 15.4. The van der Waals surface area contributed by atoms with Gasteiger partial charge in [-0.2, -0.15) is 15.2 Å². The number of hydrogen-bond donors (Lipinski definition) is 1. The lowest BCUT2D eigenvalue weighted by Gasteiger charge is -2.29. The number of carbonyl (C=O) groups is 1. The monoisotopic (exact) mass is 308 g/mol. The molecule has 0 fully saturated rings. The van der Waals surface area contributed by atoms with Gasteiger partial charge in [0.2, 0.25) is 5.72 Å². The average Bonchev–Trinajstić information content (AvgIpc) is 2.94. The number of nitrogens with zero attached hydrogens (tertiary/aromatic N) is 4. The van der Waals surface area contributed by atoms with Crippen molar-refractivity contribution in [2.45, 2.75) is 38.5 Å². The minimum Gasteiger partial charge on any atom is -0.364 e.